The molecular weight excluding hydrogens is 282 g/mol. The van der Waals surface area contributed by atoms with Gasteiger partial charge in [-0.25, -0.2) is 19.4 Å². The van der Waals surface area contributed by atoms with Crippen molar-refractivity contribution in [3.8, 4) is 0 Å². The van der Waals surface area contributed by atoms with Gasteiger partial charge in [-0.05, 0) is 0 Å². The highest BCUT2D eigenvalue weighted by Gasteiger charge is 2.15. The first-order chi connectivity index (χ1) is 9.97. The van der Waals surface area contributed by atoms with Crippen molar-refractivity contribution in [2.24, 2.45) is 0 Å². The summed E-state index contributed by atoms with van der Waals surface area (Å²) in [6.45, 7) is -0.495. The number of hydrogen-bond acceptors (Lipinski definition) is 6. The first-order valence-corrected chi connectivity index (χ1v) is 5.61. The third-order valence-corrected chi connectivity index (χ3v) is 2.35. The molecule has 0 aromatic carbocycles. The second-order valence-corrected chi connectivity index (χ2v) is 3.84. The third kappa shape index (κ3) is 3.37. The minimum atomic E-state index is -1.36. The molecule has 108 valence electrons. The highest BCUT2D eigenvalue weighted by molar-refractivity contribution is 5.97. The van der Waals surface area contributed by atoms with E-state index in [-0.39, 0.29) is 5.82 Å². The minimum absolute atomic E-state index is 0.249. The van der Waals surface area contributed by atoms with E-state index in [1.54, 1.807) is 0 Å². The number of hydrogen-bond donors (Lipinski definition) is 3. The van der Waals surface area contributed by atoms with Crippen molar-refractivity contribution in [1.82, 2.24) is 19.7 Å². The normalized spacial score (nSPS) is 10.1. The van der Waals surface area contributed by atoms with Crippen molar-refractivity contribution in [2.75, 3.05) is 5.32 Å². The van der Waals surface area contributed by atoms with E-state index in [1.807, 2.05) is 0 Å². The average Bonchev–Trinajstić information content (AvgIpc) is 2.43. The molecule has 2 heterocycles. The lowest BCUT2D eigenvalue weighted by Gasteiger charge is -2.07. The Balaban J connectivity index is 2.20. The molecule has 0 saturated carbocycles. The second kappa shape index (κ2) is 5.77. The predicted octanol–water partition coefficient (Wildman–Crippen LogP) is -1.34. The van der Waals surface area contributed by atoms with Crippen LogP contribution in [0, 0.1) is 0 Å². The highest BCUT2D eigenvalue weighted by Crippen LogP contribution is 2.07. The summed E-state index contributed by atoms with van der Waals surface area (Å²) >= 11 is 0. The lowest BCUT2D eigenvalue weighted by Crippen LogP contribution is -2.33. The summed E-state index contributed by atoms with van der Waals surface area (Å²) in [5, 5.41) is 13.3. The van der Waals surface area contributed by atoms with Gasteiger partial charge in [0.2, 0.25) is 5.91 Å². The number of carboxylic acid groups (broad SMARTS) is 1. The number of carbonyl (C=O) groups excluding carboxylic acids is 1. The van der Waals surface area contributed by atoms with E-state index in [4.69, 9.17) is 5.11 Å². The maximum Gasteiger partial charge on any atom is 0.358 e. The van der Waals surface area contributed by atoms with E-state index in [0.29, 0.717) is 0 Å². The summed E-state index contributed by atoms with van der Waals surface area (Å²) in [5.41, 5.74) is -1.56. The van der Waals surface area contributed by atoms with Crippen LogP contribution in [0.15, 0.2) is 34.1 Å². The number of H-pyrrole nitrogens is 1. The summed E-state index contributed by atoms with van der Waals surface area (Å²) in [4.78, 5) is 52.4. The number of aromatic nitrogens is 4. The molecule has 2 aromatic rings. The number of carbonyl (C=O) groups is 2. The number of aromatic carboxylic acids is 1. The standard InChI is InChI=1S/C11H9N5O5/c17-6-1-2-8(19)16(15-6)5-7(18)14-10-9(11(20)21)12-3-4-13-10/h1-4H,5H2,(H,15,17)(H,20,21)(H,13,14,18). The molecule has 0 radical (unpaired) electrons. The summed E-state index contributed by atoms with van der Waals surface area (Å²) in [5.74, 6) is -2.34. The van der Waals surface area contributed by atoms with Gasteiger partial charge in [-0.1, -0.05) is 0 Å². The molecule has 0 aliphatic heterocycles. The van der Waals surface area contributed by atoms with E-state index in [9.17, 15) is 19.2 Å². The lowest BCUT2D eigenvalue weighted by atomic mass is 10.4. The smallest absolute Gasteiger partial charge is 0.358 e. The molecule has 0 atom stereocenters. The van der Waals surface area contributed by atoms with Crippen molar-refractivity contribution in [2.45, 2.75) is 6.54 Å². The summed E-state index contributed by atoms with van der Waals surface area (Å²) in [7, 11) is 0. The van der Waals surface area contributed by atoms with Crippen LogP contribution in [0.3, 0.4) is 0 Å². The number of amides is 1. The number of anilines is 1. The molecule has 10 heteroatoms. The molecule has 2 rings (SSSR count). The Morgan fingerprint density at radius 1 is 1.24 bits per heavy atom. The van der Waals surface area contributed by atoms with Crippen molar-refractivity contribution >= 4 is 17.7 Å². The molecular formula is C11H9N5O5. The maximum atomic E-state index is 11.8. The summed E-state index contributed by atoms with van der Waals surface area (Å²) in [6, 6.07) is 2.04. The van der Waals surface area contributed by atoms with Crippen LogP contribution in [-0.4, -0.2) is 36.7 Å². The molecule has 21 heavy (non-hydrogen) atoms. The molecule has 0 bridgehead atoms. The van der Waals surface area contributed by atoms with Gasteiger partial charge in [0, 0.05) is 24.5 Å². The van der Waals surface area contributed by atoms with E-state index < -0.39 is 35.2 Å². The topological polar surface area (TPSA) is 147 Å². The van der Waals surface area contributed by atoms with Gasteiger partial charge < -0.3 is 10.4 Å². The number of carboxylic acids is 1. The van der Waals surface area contributed by atoms with Crippen LogP contribution in [0.4, 0.5) is 5.82 Å². The molecule has 1 amide bonds. The SMILES string of the molecule is O=C(Cn1[nH]c(=O)ccc1=O)Nc1nccnc1C(=O)O. The summed E-state index contributed by atoms with van der Waals surface area (Å²) < 4.78 is 0.786. The first-order valence-electron chi connectivity index (χ1n) is 5.61. The summed E-state index contributed by atoms with van der Waals surface area (Å²) in [6.07, 6.45) is 2.37. The van der Waals surface area contributed by atoms with Crippen LogP contribution >= 0.6 is 0 Å². The van der Waals surface area contributed by atoms with Crippen LogP contribution in [-0.2, 0) is 11.3 Å². The van der Waals surface area contributed by atoms with Crippen molar-refractivity contribution in [3.63, 3.8) is 0 Å². The van der Waals surface area contributed by atoms with Gasteiger partial charge in [0.1, 0.15) is 6.54 Å². The van der Waals surface area contributed by atoms with Crippen LogP contribution in [0.1, 0.15) is 10.5 Å². The average molecular weight is 291 g/mol. The molecule has 0 spiro atoms. The Hall–Kier alpha value is -3.30. The Labute approximate surface area is 116 Å². The fraction of sp³-hybridized carbons (Fsp3) is 0.0909. The van der Waals surface area contributed by atoms with E-state index >= 15 is 0 Å². The minimum Gasteiger partial charge on any atom is -0.476 e. The molecule has 0 aliphatic rings. The van der Waals surface area contributed by atoms with Gasteiger partial charge in [-0.15, -0.1) is 0 Å². The van der Waals surface area contributed by atoms with Gasteiger partial charge in [-0.3, -0.25) is 19.5 Å². The van der Waals surface area contributed by atoms with E-state index in [0.717, 1.165) is 23.0 Å². The van der Waals surface area contributed by atoms with Crippen molar-refractivity contribution in [3.05, 3.63) is 50.9 Å². The molecule has 3 N–H and O–H groups in total. The first kappa shape index (κ1) is 14.1. The number of nitrogens with one attached hydrogen (secondary N) is 2. The fourth-order valence-electron chi connectivity index (χ4n) is 1.48. The second-order valence-electron chi connectivity index (χ2n) is 3.84. The molecule has 10 nitrogen and oxygen atoms in total. The monoisotopic (exact) mass is 291 g/mol. The Bertz CT molecular complexity index is 809. The molecule has 2 aromatic heterocycles. The number of aromatic amines is 1. The van der Waals surface area contributed by atoms with E-state index in [2.05, 4.69) is 20.4 Å². The zero-order chi connectivity index (χ0) is 15.4. The predicted molar refractivity (Wildman–Crippen MR) is 68.9 cm³/mol. The maximum absolute atomic E-state index is 11.8. The molecule has 0 unspecified atom stereocenters. The van der Waals surface area contributed by atoms with Gasteiger partial charge >= 0.3 is 5.97 Å². The Morgan fingerprint density at radius 3 is 2.67 bits per heavy atom. The van der Waals surface area contributed by atoms with Gasteiger partial charge in [0.25, 0.3) is 11.1 Å². The molecule has 0 fully saturated rings. The van der Waals surface area contributed by atoms with Crippen LogP contribution in [0.5, 0.6) is 0 Å². The molecule has 0 aliphatic carbocycles. The third-order valence-electron chi connectivity index (χ3n) is 2.35. The fourth-order valence-corrected chi connectivity index (χ4v) is 1.48. The van der Waals surface area contributed by atoms with Gasteiger partial charge in [0.15, 0.2) is 11.5 Å². The van der Waals surface area contributed by atoms with Gasteiger partial charge in [-0.2, -0.15) is 0 Å². The number of nitrogens with zero attached hydrogens (tertiary/aromatic N) is 3. The van der Waals surface area contributed by atoms with Crippen molar-refractivity contribution < 1.29 is 14.7 Å². The lowest BCUT2D eigenvalue weighted by molar-refractivity contribution is -0.117. The van der Waals surface area contributed by atoms with Crippen LogP contribution in [0.25, 0.3) is 0 Å². The zero-order valence-corrected chi connectivity index (χ0v) is 10.4. The van der Waals surface area contributed by atoms with Crippen molar-refractivity contribution in [1.29, 1.82) is 0 Å². The van der Waals surface area contributed by atoms with E-state index in [1.165, 1.54) is 6.20 Å². The highest BCUT2D eigenvalue weighted by atomic mass is 16.4. The zero-order valence-electron chi connectivity index (χ0n) is 10.4. The Kier molecular flexibility index (Phi) is 3.88. The number of rotatable bonds is 4. The Morgan fingerprint density at radius 2 is 1.95 bits per heavy atom. The largest absolute Gasteiger partial charge is 0.476 e. The van der Waals surface area contributed by atoms with Gasteiger partial charge in [0.05, 0.1) is 0 Å². The quantitative estimate of drug-likeness (QED) is 0.631. The van der Waals surface area contributed by atoms with Crippen LogP contribution in [0.2, 0.25) is 0 Å². The van der Waals surface area contributed by atoms with Crippen LogP contribution < -0.4 is 16.4 Å². The molecule has 0 saturated heterocycles.